The van der Waals surface area contributed by atoms with Crippen molar-refractivity contribution in [3.63, 3.8) is 0 Å². The molecule has 0 aliphatic heterocycles. The van der Waals surface area contributed by atoms with E-state index >= 15 is 0 Å². The van der Waals surface area contributed by atoms with Crippen molar-refractivity contribution < 1.29 is 4.79 Å². The minimum atomic E-state index is -0.281. The highest BCUT2D eigenvalue weighted by Gasteiger charge is 2.39. The maximum atomic E-state index is 12.3. The lowest BCUT2D eigenvalue weighted by molar-refractivity contribution is 0.185. The van der Waals surface area contributed by atoms with Gasteiger partial charge in [-0.1, -0.05) is 59.6 Å². The molecule has 1 aliphatic rings. The van der Waals surface area contributed by atoms with Crippen LogP contribution in [0.2, 0.25) is 10.0 Å². The first-order chi connectivity index (χ1) is 10.6. The minimum absolute atomic E-state index is 0.271. The van der Waals surface area contributed by atoms with E-state index in [1.807, 2.05) is 30.3 Å². The lowest BCUT2D eigenvalue weighted by Gasteiger charge is -2.43. The van der Waals surface area contributed by atoms with Crippen molar-refractivity contribution in [1.29, 1.82) is 0 Å². The molecule has 1 aliphatic carbocycles. The van der Waals surface area contributed by atoms with Gasteiger partial charge in [-0.05, 0) is 37.0 Å². The van der Waals surface area contributed by atoms with Crippen molar-refractivity contribution in [1.82, 2.24) is 5.32 Å². The number of amides is 2. The van der Waals surface area contributed by atoms with E-state index in [1.54, 1.807) is 18.2 Å². The number of urea groups is 1. The van der Waals surface area contributed by atoms with E-state index in [2.05, 4.69) is 10.6 Å². The van der Waals surface area contributed by atoms with E-state index in [0.717, 1.165) is 24.8 Å². The van der Waals surface area contributed by atoms with Crippen molar-refractivity contribution in [2.24, 2.45) is 0 Å². The fraction of sp³-hybridized carbons (Fsp3) is 0.235. The second-order valence-electron chi connectivity index (χ2n) is 5.48. The van der Waals surface area contributed by atoms with Gasteiger partial charge in [0.1, 0.15) is 0 Å². The number of hydrogen-bond donors (Lipinski definition) is 2. The molecule has 22 heavy (non-hydrogen) atoms. The Bertz CT molecular complexity index is 684. The molecule has 3 nitrogen and oxygen atoms in total. The SMILES string of the molecule is O=C(Nc1cccc(Cl)c1Cl)NC1(c2ccccc2)CCC1. The maximum absolute atomic E-state index is 12.3. The number of rotatable bonds is 3. The van der Waals surface area contributed by atoms with Gasteiger partial charge in [-0.25, -0.2) is 4.79 Å². The van der Waals surface area contributed by atoms with Crippen LogP contribution in [0, 0.1) is 0 Å². The predicted molar refractivity (Wildman–Crippen MR) is 90.6 cm³/mol. The van der Waals surface area contributed by atoms with Crippen LogP contribution in [0.25, 0.3) is 0 Å². The van der Waals surface area contributed by atoms with E-state index in [-0.39, 0.29) is 11.6 Å². The molecule has 0 spiro atoms. The van der Waals surface area contributed by atoms with Gasteiger partial charge in [-0.15, -0.1) is 0 Å². The molecule has 0 heterocycles. The van der Waals surface area contributed by atoms with Gasteiger partial charge < -0.3 is 10.6 Å². The largest absolute Gasteiger partial charge is 0.328 e. The van der Waals surface area contributed by atoms with E-state index in [0.29, 0.717) is 15.7 Å². The number of hydrogen-bond acceptors (Lipinski definition) is 1. The Morgan fingerprint density at radius 1 is 1.00 bits per heavy atom. The van der Waals surface area contributed by atoms with Gasteiger partial charge in [0.15, 0.2) is 0 Å². The van der Waals surface area contributed by atoms with Crippen LogP contribution in [-0.4, -0.2) is 6.03 Å². The normalized spacial score (nSPS) is 15.7. The second-order valence-corrected chi connectivity index (χ2v) is 6.27. The van der Waals surface area contributed by atoms with Crippen LogP contribution in [-0.2, 0) is 5.54 Å². The second kappa shape index (κ2) is 6.19. The number of halogens is 2. The highest BCUT2D eigenvalue weighted by Crippen LogP contribution is 2.41. The monoisotopic (exact) mass is 334 g/mol. The highest BCUT2D eigenvalue weighted by atomic mass is 35.5. The van der Waals surface area contributed by atoms with Gasteiger partial charge in [0.25, 0.3) is 0 Å². The van der Waals surface area contributed by atoms with Crippen LogP contribution >= 0.6 is 23.2 Å². The average molecular weight is 335 g/mol. The van der Waals surface area contributed by atoms with Gasteiger partial charge >= 0.3 is 6.03 Å². The first-order valence-corrected chi connectivity index (χ1v) is 7.95. The zero-order chi connectivity index (χ0) is 15.6. The molecule has 114 valence electrons. The molecule has 0 radical (unpaired) electrons. The van der Waals surface area contributed by atoms with E-state index in [1.165, 1.54) is 0 Å². The Morgan fingerprint density at radius 3 is 2.36 bits per heavy atom. The van der Waals surface area contributed by atoms with Gasteiger partial charge in [-0.3, -0.25) is 0 Å². The van der Waals surface area contributed by atoms with Gasteiger partial charge in [0.2, 0.25) is 0 Å². The van der Waals surface area contributed by atoms with Crippen LogP contribution in [0.4, 0.5) is 10.5 Å². The standard InChI is InChI=1S/C17H16Cl2N2O/c18-13-8-4-9-14(15(13)19)20-16(22)21-17(10-5-11-17)12-6-2-1-3-7-12/h1-4,6-9H,5,10-11H2,(H2,20,21,22). The summed E-state index contributed by atoms with van der Waals surface area (Å²) < 4.78 is 0. The van der Waals surface area contributed by atoms with E-state index in [9.17, 15) is 4.79 Å². The third-order valence-corrected chi connectivity index (χ3v) is 4.90. The van der Waals surface area contributed by atoms with Crippen LogP contribution in [0.15, 0.2) is 48.5 Å². The van der Waals surface area contributed by atoms with E-state index < -0.39 is 0 Å². The highest BCUT2D eigenvalue weighted by molar-refractivity contribution is 6.43. The molecule has 2 aromatic rings. The topological polar surface area (TPSA) is 41.1 Å². The summed E-state index contributed by atoms with van der Waals surface area (Å²) in [5, 5.41) is 6.63. The maximum Gasteiger partial charge on any atom is 0.319 e. The summed E-state index contributed by atoms with van der Waals surface area (Å²) in [4.78, 5) is 12.3. The molecule has 0 bridgehead atoms. The predicted octanol–water partition coefficient (Wildman–Crippen LogP) is 5.19. The van der Waals surface area contributed by atoms with Crippen molar-refractivity contribution in [3.05, 3.63) is 64.1 Å². The molecule has 5 heteroatoms. The van der Waals surface area contributed by atoms with Crippen molar-refractivity contribution in [2.75, 3.05) is 5.32 Å². The number of carbonyl (C=O) groups excluding carboxylic acids is 1. The number of carbonyl (C=O) groups is 1. The summed E-state index contributed by atoms with van der Waals surface area (Å²) >= 11 is 12.1. The Kier molecular flexibility index (Phi) is 4.27. The van der Waals surface area contributed by atoms with Crippen molar-refractivity contribution >= 4 is 34.9 Å². The quantitative estimate of drug-likeness (QED) is 0.796. The molecule has 2 N–H and O–H groups in total. The smallest absolute Gasteiger partial charge is 0.319 e. The van der Waals surface area contributed by atoms with E-state index in [4.69, 9.17) is 23.2 Å². The molecule has 1 saturated carbocycles. The van der Waals surface area contributed by atoms with Crippen molar-refractivity contribution in [2.45, 2.75) is 24.8 Å². The first kappa shape index (κ1) is 15.2. The average Bonchev–Trinajstić information content (AvgIpc) is 2.49. The first-order valence-electron chi connectivity index (χ1n) is 7.19. The molecule has 0 unspecified atom stereocenters. The van der Waals surface area contributed by atoms with Crippen LogP contribution in [0.1, 0.15) is 24.8 Å². The third kappa shape index (κ3) is 2.92. The number of nitrogens with one attached hydrogen (secondary N) is 2. The Hall–Kier alpha value is -1.71. The summed E-state index contributed by atoms with van der Waals surface area (Å²) in [6.45, 7) is 0. The molecule has 1 fully saturated rings. The summed E-state index contributed by atoms with van der Waals surface area (Å²) in [5.74, 6) is 0. The Balaban J connectivity index is 1.75. The number of benzene rings is 2. The lowest BCUT2D eigenvalue weighted by Crippen LogP contribution is -2.52. The Morgan fingerprint density at radius 2 is 1.73 bits per heavy atom. The molecule has 2 aromatic carbocycles. The summed E-state index contributed by atoms with van der Waals surface area (Å²) in [6, 6.07) is 14.9. The fourth-order valence-corrected chi connectivity index (χ4v) is 3.09. The Labute approximate surface area is 139 Å². The van der Waals surface area contributed by atoms with Crippen LogP contribution in [0.5, 0.6) is 0 Å². The van der Waals surface area contributed by atoms with Crippen LogP contribution < -0.4 is 10.6 Å². The fourth-order valence-electron chi connectivity index (χ4n) is 2.74. The molecular weight excluding hydrogens is 319 g/mol. The third-order valence-electron chi connectivity index (χ3n) is 4.09. The molecule has 0 saturated heterocycles. The van der Waals surface area contributed by atoms with Gasteiger partial charge in [0, 0.05) is 0 Å². The molecule has 0 aromatic heterocycles. The van der Waals surface area contributed by atoms with Crippen molar-refractivity contribution in [3.8, 4) is 0 Å². The zero-order valence-electron chi connectivity index (χ0n) is 11.9. The summed E-state index contributed by atoms with van der Waals surface area (Å²) in [5.41, 5.74) is 1.36. The minimum Gasteiger partial charge on any atom is -0.328 e. The summed E-state index contributed by atoms with van der Waals surface area (Å²) in [7, 11) is 0. The molecule has 3 rings (SSSR count). The zero-order valence-corrected chi connectivity index (χ0v) is 13.4. The molecule has 0 atom stereocenters. The molecular formula is C17H16Cl2N2O. The van der Waals surface area contributed by atoms with Gasteiger partial charge in [0.05, 0.1) is 21.3 Å². The lowest BCUT2D eigenvalue weighted by atomic mass is 9.72. The molecule has 2 amide bonds. The van der Waals surface area contributed by atoms with Crippen LogP contribution in [0.3, 0.4) is 0 Å². The number of anilines is 1. The van der Waals surface area contributed by atoms with Gasteiger partial charge in [-0.2, -0.15) is 0 Å². The summed E-state index contributed by atoms with van der Waals surface area (Å²) in [6.07, 6.45) is 2.98.